The van der Waals surface area contributed by atoms with Crippen LogP contribution in [-0.2, 0) is 4.79 Å². The van der Waals surface area contributed by atoms with Gasteiger partial charge in [-0.1, -0.05) is 29.5 Å². The zero-order valence-electron chi connectivity index (χ0n) is 16.0. The van der Waals surface area contributed by atoms with E-state index in [1.165, 1.54) is 36.0 Å². The van der Waals surface area contributed by atoms with Crippen LogP contribution in [0, 0.1) is 12.7 Å². The van der Waals surface area contributed by atoms with E-state index in [9.17, 15) is 9.18 Å². The topological polar surface area (TPSA) is 85.6 Å². The number of benzene rings is 2. The third-order valence-electron chi connectivity index (χ3n) is 4.18. The van der Waals surface area contributed by atoms with Gasteiger partial charge in [0.15, 0.2) is 11.0 Å². The molecule has 0 saturated heterocycles. The number of carbonyl (C=O) groups excluding carboxylic acids is 1. The number of halogens is 1. The average Bonchev–Trinajstić information content (AvgIpc) is 3.19. The first-order chi connectivity index (χ1) is 14.6. The molecular weight excluding hydrogens is 403 g/mol. The fourth-order valence-corrected chi connectivity index (χ4v) is 3.48. The number of carbonyl (C=O) groups is 1. The van der Waals surface area contributed by atoms with Gasteiger partial charge in [-0.2, -0.15) is 0 Å². The molecule has 0 fully saturated rings. The van der Waals surface area contributed by atoms with Crippen LogP contribution < -0.4 is 5.32 Å². The van der Waals surface area contributed by atoms with Crippen LogP contribution in [0.3, 0.4) is 0 Å². The maximum absolute atomic E-state index is 13.0. The Bertz CT molecular complexity index is 1150. The number of nitrogens with one attached hydrogen (secondary N) is 1. The molecule has 0 aliphatic carbocycles. The maximum Gasteiger partial charge on any atom is 0.234 e. The number of anilines is 1. The molecular formula is C21H17FN6OS. The van der Waals surface area contributed by atoms with Crippen LogP contribution in [0.4, 0.5) is 10.1 Å². The second kappa shape index (κ2) is 8.83. The van der Waals surface area contributed by atoms with Crippen molar-refractivity contribution in [3.63, 3.8) is 0 Å². The lowest BCUT2D eigenvalue weighted by Crippen LogP contribution is -2.14. The summed E-state index contributed by atoms with van der Waals surface area (Å²) >= 11 is 1.25. The van der Waals surface area contributed by atoms with E-state index < -0.39 is 0 Å². The number of aromatic nitrogens is 5. The van der Waals surface area contributed by atoms with Crippen molar-refractivity contribution in [3.8, 4) is 17.2 Å². The molecule has 0 radical (unpaired) electrons. The van der Waals surface area contributed by atoms with Crippen molar-refractivity contribution in [3.05, 3.63) is 78.5 Å². The first kappa shape index (κ1) is 19.7. The minimum atomic E-state index is -0.356. The predicted octanol–water partition coefficient (Wildman–Crippen LogP) is 3.90. The van der Waals surface area contributed by atoms with Crippen molar-refractivity contribution in [1.29, 1.82) is 0 Å². The molecule has 0 aliphatic heterocycles. The van der Waals surface area contributed by atoms with E-state index in [1.807, 2.05) is 35.8 Å². The van der Waals surface area contributed by atoms with Gasteiger partial charge in [-0.25, -0.2) is 9.37 Å². The van der Waals surface area contributed by atoms with E-state index in [1.54, 1.807) is 18.6 Å². The zero-order valence-corrected chi connectivity index (χ0v) is 16.8. The highest BCUT2D eigenvalue weighted by Crippen LogP contribution is 2.27. The Balaban J connectivity index is 1.58. The predicted molar refractivity (Wildman–Crippen MR) is 113 cm³/mol. The average molecular weight is 420 g/mol. The number of rotatable bonds is 6. The monoisotopic (exact) mass is 420 g/mol. The van der Waals surface area contributed by atoms with Gasteiger partial charge in [0.25, 0.3) is 0 Å². The van der Waals surface area contributed by atoms with E-state index in [0.29, 0.717) is 22.4 Å². The van der Waals surface area contributed by atoms with E-state index in [0.717, 1.165) is 11.3 Å². The van der Waals surface area contributed by atoms with Crippen LogP contribution >= 0.6 is 11.8 Å². The van der Waals surface area contributed by atoms with Crippen LogP contribution in [-0.4, -0.2) is 36.4 Å². The molecule has 4 aromatic rings. The van der Waals surface area contributed by atoms with Gasteiger partial charge in [-0.3, -0.25) is 14.3 Å². The Hall–Kier alpha value is -3.59. The largest absolute Gasteiger partial charge is 0.325 e. The first-order valence-corrected chi connectivity index (χ1v) is 10.1. The molecule has 9 heteroatoms. The lowest BCUT2D eigenvalue weighted by atomic mass is 10.2. The summed E-state index contributed by atoms with van der Waals surface area (Å²) in [5.41, 5.74) is 3.09. The van der Waals surface area contributed by atoms with Gasteiger partial charge < -0.3 is 5.32 Å². The van der Waals surface area contributed by atoms with Gasteiger partial charge in [0, 0.05) is 23.8 Å². The second-order valence-corrected chi connectivity index (χ2v) is 7.35. The summed E-state index contributed by atoms with van der Waals surface area (Å²) in [5.74, 6) is 0.0617. The summed E-state index contributed by atoms with van der Waals surface area (Å²) in [6, 6.07) is 13.5. The molecule has 150 valence electrons. The Morgan fingerprint density at radius 2 is 1.83 bits per heavy atom. The van der Waals surface area contributed by atoms with Gasteiger partial charge in [0.2, 0.25) is 5.91 Å². The molecule has 0 atom stereocenters. The van der Waals surface area contributed by atoms with Gasteiger partial charge in [-0.05, 0) is 43.3 Å². The molecule has 0 saturated carbocycles. The minimum Gasteiger partial charge on any atom is -0.325 e. The molecule has 0 bridgehead atoms. The Kier molecular flexibility index (Phi) is 5.80. The number of amides is 1. The van der Waals surface area contributed by atoms with Crippen LogP contribution in [0.1, 0.15) is 5.56 Å². The standard InChI is InChI=1S/C21H17FN6OS/c1-14-2-8-17(9-3-14)28-20(18-12-23-10-11-24-18)26-27-21(28)30-13-19(29)25-16-6-4-15(22)5-7-16/h2-12H,13H2,1H3,(H,25,29). The van der Waals surface area contributed by atoms with Crippen molar-refractivity contribution >= 4 is 23.4 Å². The third-order valence-corrected chi connectivity index (χ3v) is 5.11. The molecule has 4 rings (SSSR count). The molecule has 1 N–H and O–H groups in total. The maximum atomic E-state index is 13.0. The number of thioether (sulfide) groups is 1. The van der Waals surface area contributed by atoms with Crippen molar-refractivity contribution < 1.29 is 9.18 Å². The second-order valence-electron chi connectivity index (χ2n) is 6.41. The van der Waals surface area contributed by atoms with Crippen molar-refractivity contribution in [2.75, 3.05) is 11.1 Å². The smallest absolute Gasteiger partial charge is 0.234 e. The Morgan fingerprint density at radius 1 is 1.07 bits per heavy atom. The molecule has 0 aliphatic rings. The summed E-state index contributed by atoms with van der Waals surface area (Å²) in [6.45, 7) is 2.01. The fourth-order valence-electron chi connectivity index (χ4n) is 2.73. The summed E-state index contributed by atoms with van der Waals surface area (Å²) in [4.78, 5) is 20.8. The first-order valence-electron chi connectivity index (χ1n) is 9.07. The number of aryl methyl sites for hydroxylation is 1. The normalized spacial score (nSPS) is 10.7. The summed E-state index contributed by atoms with van der Waals surface area (Å²) in [5, 5.41) is 11.8. The van der Waals surface area contributed by atoms with Crippen LogP contribution in [0.2, 0.25) is 0 Å². The molecule has 2 heterocycles. The van der Waals surface area contributed by atoms with Gasteiger partial charge >= 0.3 is 0 Å². The molecule has 2 aromatic carbocycles. The highest BCUT2D eigenvalue weighted by molar-refractivity contribution is 7.99. The quantitative estimate of drug-likeness (QED) is 0.476. The van der Waals surface area contributed by atoms with E-state index in [4.69, 9.17) is 0 Å². The summed E-state index contributed by atoms with van der Waals surface area (Å²) < 4.78 is 14.9. The number of hydrogen-bond acceptors (Lipinski definition) is 6. The highest BCUT2D eigenvalue weighted by Gasteiger charge is 2.18. The molecule has 0 spiro atoms. The highest BCUT2D eigenvalue weighted by atomic mass is 32.2. The SMILES string of the molecule is Cc1ccc(-n2c(SCC(=O)Nc3ccc(F)cc3)nnc2-c2cnccn2)cc1. The molecule has 7 nitrogen and oxygen atoms in total. The number of hydrogen-bond donors (Lipinski definition) is 1. The molecule has 1 amide bonds. The Morgan fingerprint density at radius 3 is 2.53 bits per heavy atom. The molecule has 0 unspecified atom stereocenters. The van der Waals surface area contributed by atoms with Crippen molar-refractivity contribution in [2.45, 2.75) is 12.1 Å². The fraction of sp³-hybridized carbons (Fsp3) is 0.0952. The lowest BCUT2D eigenvalue weighted by molar-refractivity contribution is -0.113. The third kappa shape index (κ3) is 4.52. The van der Waals surface area contributed by atoms with Crippen LogP contribution in [0.15, 0.2) is 72.3 Å². The minimum absolute atomic E-state index is 0.113. The van der Waals surface area contributed by atoms with Gasteiger partial charge in [-0.15, -0.1) is 10.2 Å². The lowest BCUT2D eigenvalue weighted by Gasteiger charge is -2.10. The summed E-state index contributed by atoms with van der Waals surface area (Å²) in [6.07, 6.45) is 4.79. The van der Waals surface area contributed by atoms with E-state index in [2.05, 4.69) is 25.5 Å². The number of nitrogens with zero attached hydrogens (tertiary/aromatic N) is 5. The Labute approximate surface area is 176 Å². The van der Waals surface area contributed by atoms with Gasteiger partial charge in [0.05, 0.1) is 11.9 Å². The van der Waals surface area contributed by atoms with Crippen molar-refractivity contribution in [2.24, 2.45) is 0 Å². The zero-order chi connectivity index (χ0) is 20.9. The van der Waals surface area contributed by atoms with E-state index >= 15 is 0 Å². The van der Waals surface area contributed by atoms with Crippen molar-refractivity contribution in [1.82, 2.24) is 24.7 Å². The molecule has 2 aromatic heterocycles. The summed E-state index contributed by atoms with van der Waals surface area (Å²) in [7, 11) is 0. The van der Waals surface area contributed by atoms with Crippen LogP contribution in [0.25, 0.3) is 17.2 Å². The van der Waals surface area contributed by atoms with E-state index in [-0.39, 0.29) is 17.5 Å². The van der Waals surface area contributed by atoms with Crippen LogP contribution in [0.5, 0.6) is 0 Å². The molecule has 30 heavy (non-hydrogen) atoms. The van der Waals surface area contributed by atoms with Gasteiger partial charge in [0.1, 0.15) is 11.5 Å².